The highest BCUT2D eigenvalue weighted by Gasteiger charge is 2.40. The molecule has 39 heavy (non-hydrogen) atoms. The highest BCUT2D eigenvalue weighted by molar-refractivity contribution is 5.58. The molecule has 1 aliphatic heterocycles. The largest absolute Gasteiger partial charge is 0.418 e. The van der Waals surface area contributed by atoms with Crippen LogP contribution in [-0.4, -0.2) is 42.5 Å². The monoisotopic (exact) mass is 540 g/mol. The number of imidazole rings is 1. The summed E-state index contributed by atoms with van der Waals surface area (Å²) >= 11 is 0. The van der Waals surface area contributed by atoms with Crippen molar-refractivity contribution in [3.05, 3.63) is 82.1 Å². The van der Waals surface area contributed by atoms with Gasteiger partial charge in [-0.15, -0.1) is 10.2 Å². The Hall–Kier alpha value is -3.44. The standard InChI is InChI=1S/C28H31F3N6O2/c1-26(7-4-8-26)32-15-19-13-22(28(29,30)31)23-17-36(25(38)37(23)16-19)21-6-3-5-20(14-21)27(9-11-39-12-10-27)24-34-33-18-35(24)2/h3,5-6,13-14,16-18,32H,4,7-12,15H2,1-2H3. The second kappa shape index (κ2) is 9.34. The smallest absolute Gasteiger partial charge is 0.381 e. The lowest BCUT2D eigenvalue weighted by Gasteiger charge is -2.39. The van der Waals surface area contributed by atoms with Gasteiger partial charge in [0, 0.05) is 44.7 Å². The molecule has 6 rings (SSSR count). The fraction of sp³-hybridized carbons (Fsp3) is 0.464. The maximum absolute atomic E-state index is 14.2. The fourth-order valence-electron chi connectivity index (χ4n) is 5.98. The van der Waals surface area contributed by atoms with E-state index in [4.69, 9.17) is 4.74 Å². The van der Waals surface area contributed by atoms with Gasteiger partial charge in [0.15, 0.2) is 0 Å². The van der Waals surface area contributed by atoms with Crippen LogP contribution in [0.4, 0.5) is 13.2 Å². The van der Waals surface area contributed by atoms with Crippen LogP contribution in [0.15, 0.2) is 53.8 Å². The zero-order valence-electron chi connectivity index (χ0n) is 22.0. The molecule has 4 heterocycles. The van der Waals surface area contributed by atoms with Crippen LogP contribution in [0.1, 0.15) is 61.5 Å². The summed E-state index contributed by atoms with van der Waals surface area (Å²) in [5, 5.41) is 11.8. The fourth-order valence-corrected chi connectivity index (χ4v) is 5.98. The molecule has 3 aromatic heterocycles. The number of ether oxygens (including phenoxy) is 1. The highest BCUT2D eigenvalue weighted by Crippen LogP contribution is 2.41. The summed E-state index contributed by atoms with van der Waals surface area (Å²) in [4.78, 5) is 13.6. The molecule has 1 aliphatic carbocycles. The van der Waals surface area contributed by atoms with Gasteiger partial charge < -0.3 is 14.6 Å². The molecule has 206 valence electrons. The van der Waals surface area contributed by atoms with Crippen LogP contribution in [0, 0.1) is 0 Å². The van der Waals surface area contributed by atoms with Crippen molar-refractivity contribution in [2.45, 2.75) is 62.7 Å². The number of nitrogens with zero attached hydrogens (tertiary/aromatic N) is 5. The topological polar surface area (TPSA) is 78.4 Å². The van der Waals surface area contributed by atoms with Crippen molar-refractivity contribution in [1.82, 2.24) is 29.0 Å². The quantitative estimate of drug-likeness (QED) is 0.393. The Labute approximate surface area is 223 Å². The maximum Gasteiger partial charge on any atom is 0.418 e. The Morgan fingerprint density at radius 1 is 1.10 bits per heavy atom. The van der Waals surface area contributed by atoms with Gasteiger partial charge >= 0.3 is 11.9 Å². The SMILES string of the molecule is Cn1cnnc1C1(c2cccc(-n3cc4c(C(F)(F)F)cc(CNC5(C)CCC5)cn4c3=O)c2)CCOCC1. The predicted molar refractivity (Wildman–Crippen MR) is 139 cm³/mol. The highest BCUT2D eigenvalue weighted by atomic mass is 19.4. The first-order chi connectivity index (χ1) is 18.6. The Morgan fingerprint density at radius 3 is 2.51 bits per heavy atom. The second-order valence-corrected chi connectivity index (χ2v) is 11.1. The molecule has 1 aromatic carbocycles. The molecule has 1 N–H and O–H groups in total. The van der Waals surface area contributed by atoms with Gasteiger partial charge in [-0.05, 0) is 68.4 Å². The number of aryl methyl sites for hydroxylation is 1. The normalized spacial score (nSPS) is 18.8. The molecular formula is C28H31F3N6O2. The number of halogens is 3. The molecule has 0 bridgehead atoms. The minimum absolute atomic E-state index is 0.0759. The summed E-state index contributed by atoms with van der Waals surface area (Å²) in [7, 11) is 1.89. The van der Waals surface area contributed by atoms with Gasteiger partial charge in [-0.2, -0.15) is 13.2 Å². The van der Waals surface area contributed by atoms with E-state index in [0.29, 0.717) is 37.3 Å². The van der Waals surface area contributed by atoms with E-state index in [-0.39, 0.29) is 17.6 Å². The van der Waals surface area contributed by atoms with Crippen LogP contribution in [0.25, 0.3) is 11.2 Å². The van der Waals surface area contributed by atoms with E-state index < -0.39 is 22.8 Å². The van der Waals surface area contributed by atoms with Gasteiger partial charge in [0.25, 0.3) is 0 Å². The van der Waals surface area contributed by atoms with Crippen LogP contribution in [-0.2, 0) is 29.9 Å². The van der Waals surface area contributed by atoms with E-state index in [1.807, 2.05) is 29.8 Å². The van der Waals surface area contributed by atoms with E-state index in [9.17, 15) is 18.0 Å². The Morgan fingerprint density at radius 2 is 1.87 bits per heavy atom. The average molecular weight is 541 g/mol. The molecule has 2 aliphatic rings. The summed E-state index contributed by atoms with van der Waals surface area (Å²) in [5.74, 6) is 0.786. The molecule has 0 radical (unpaired) electrons. The molecule has 4 aromatic rings. The van der Waals surface area contributed by atoms with E-state index in [2.05, 4.69) is 22.4 Å². The number of fused-ring (bicyclic) bond motifs is 1. The first-order valence-corrected chi connectivity index (χ1v) is 13.2. The first kappa shape index (κ1) is 25.8. The number of alkyl halides is 3. The van der Waals surface area contributed by atoms with Gasteiger partial charge in [-0.3, -0.25) is 8.97 Å². The van der Waals surface area contributed by atoms with E-state index in [1.165, 1.54) is 17.0 Å². The number of pyridine rings is 1. The number of benzene rings is 1. The van der Waals surface area contributed by atoms with Gasteiger partial charge in [0.2, 0.25) is 0 Å². The van der Waals surface area contributed by atoms with Crippen molar-refractivity contribution in [2.24, 2.45) is 7.05 Å². The molecule has 8 nitrogen and oxygen atoms in total. The van der Waals surface area contributed by atoms with Crippen LogP contribution >= 0.6 is 0 Å². The van der Waals surface area contributed by atoms with Crippen molar-refractivity contribution in [3.63, 3.8) is 0 Å². The lowest BCUT2D eigenvalue weighted by molar-refractivity contribution is -0.136. The number of aromatic nitrogens is 5. The van der Waals surface area contributed by atoms with Crippen LogP contribution in [0.3, 0.4) is 0 Å². The van der Waals surface area contributed by atoms with Crippen molar-refractivity contribution in [2.75, 3.05) is 13.2 Å². The second-order valence-electron chi connectivity index (χ2n) is 11.1. The molecule has 11 heteroatoms. The van der Waals surface area contributed by atoms with Gasteiger partial charge in [-0.25, -0.2) is 4.79 Å². The third-order valence-electron chi connectivity index (χ3n) is 8.47. The zero-order chi connectivity index (χ0) is 27.4. The molecule has 0 amide bonds. The predicted octanol–water partition coefficient (Wildman–Crippen LogP) is 4.37. The molecule has 0 spiro atoms. The molecule has 2 fully saturated rings. The molecule has 1 saturated heterocycles. The molecule has 1 saturated carbocycles. The molecule has 0 atom stereocenters. The summed E-state index contributed by atoms with van der Waals surface area (Å²) in [5.41, 5.74) is -0.300. The molecule has 0 unspecified atom stereocenters. The number of rotatable bonds is 6. The Kier molecular flexibility index (Phi) is 6.18. The minimum Gasteiger partial charge on any atom is -0.381 e. The lowest BCUT2D eigenvalue weighted by atomic mass is 9.73. The summed E-state index contributed by atoms with van der Waals surface area (Å²) in [6.07, 6.45) is 4.24. The number of hydrogen-bond acceptors (Lipinski definition) is 5. The van der Waals surface area contributed by atoms with E-state index >= 15 is 0 Å². The van der Waals surface area contributed by atoms with Crippen molar-refractivity contribution >= 4 is 5.52 Å². The Balaban J connectivity index is 1.45. The minimum atomic E-state index is -4.61. The van der Waals surface area contributed by atoms with Gasteiger partial charge in [0.1, 0.15) is 12.2 Å². The first-order valence-electron chi connectivity index (χ1n) is 13.2. The van der Waals surface area contributed by atoms with Gasteiger partial charge in [0.05, 0.1) is 22.2 Å². The zero-order valence-corrected chi connectivity index (χ0v) is 22.0. The van der Waals surface area contributed by atoms with E-state index in [0.717, 1.165) is 41.1 Å². The number of nitrogens with one attached hydrogen (secondary N) is 1. The van der Waals surface area contributed by atoms with Crippen molar-refractivity contribution < 1.29 is 17.9 Å². The lowest BCUT2D eigenvalue weighted by Crippen LogP contribution is -2.47. The number of hydrogen-bond donors (Lipinski definition) is 1. The van der Waals surface area contributed by atoms with Gasteiger partial charge in [-0.1, -0.05) is 12.1 Å². The van der Waals surface area contributed by atoms with Crippen LogP contribution < -0.4 is 11.0 Å². The van der Waals surface area contributed by atoms with Crippen molar-refractivity contribution in [1.29, 1.82) is 0 Å². The summed E-state index contributed by atoms with van der Waals surface area (Å²) < 4.78 is 52.4. The summed E-state index contributed by atoms with van der Waals surface area (Å²) in [6.45, 7) is 3.41. The Bertz CT molecular complexity index is 1570. The van der Waals surface area contributed by atoms with E-state index in [1.54, 1.807) is 12.4 Å². The average Bonchev–Trinajstić information content (AvgIpc) is 3.49. The third kappa shape index (κ3) is 4.47. The summed E-state index contributed by atoms with van der Waals surface area (Å²) in [6, 6.07) is 8.55. The van der Waals surface area contributed by atoms with Crippen molar-refractivity contribution in [3.8, 4) is 5.69 Å². The molecular weight excluding hydrogens is 509 g/mol. The van der Waals surface area contributed by atoms with Crippen LogP contribution in [0.2, 0.25) is 0 Å². The maximum atomic E-state index is 14.2. The van der Waals surface area contributed by atoms with Crippen LogP contribution in [0.5, 0.6) is 0 Å². The third-order valence-corrected chi connectivity index (χ3v) is 8.47.